The molecule has 276 valence electrons. The molecule has 0 spiro atoms. The van der Waals surface area contributed by atoms with Crippen LogP contribution in [0.4, 0.5) is 0 Å². The van der Waals surface area contributed by atoms with Crippen LogP contribution in [0.1, 0.15) is 57.3 Å². The number of rotatable bonds is 17. The number of ether oxygens (including phenoxy) is 5. The highest BCUT2D eigenvalue weighted by Crippen LogP contribution is 2.53. The molecule has 6 nitrogen and oxygen atoms in total. The average Bonchev–Trinajstić information content (AvgIpc) is 3.56. The van der Waals surface area contributed by atoms with Crippen LogP contribution in [0.15, 0.2) is 133 Å². The summed E-state index contributed by atoms with van der Waals surface area (Å²) in [6.07, 6.45) is 1.92. The summed E-state index contributed by atoms with van der Waals surface area (Å²) in [6, 6.07) is 46.1. The molecule has 5 atom stereocenters. The zero-order valence-electron chi connectivity index (χ0n) is 30.4. The monoisotopic (exact) mass is 824 g/mol. The molecule has 2 heterocycles. The van der Waals surface area contributed by atoms with Crippen molar-refractivity contribution in [3.8, 4) is 0 Å². The van der Waals surface area contributed by atoms with Gasteiger partial charge in [-0.15, -0.1) is 0 Å². The van der Waals surface area contributed by atoms with Crippen molar-refractivity contribution in [1.82, 2.24) is 0 Å². The molecular weight excluding hydrogens is 775 g/mol. The standard InChI is InChI=1S/C46H49IO6/c1-34-20-25-41(28-40(34)27-36-23-21-35(22-24-36)13-11-12-26-48)46-44(51-31-39-18-9-4-10-19-39)42(49-29-37-14-5-2-6-15-37)43(45(32-47,53-46)33-52-46)50-30-38-16-7-3-8-17-38/h2-10,14-25,28,42-44,48H,11-13,26-27,29-33H2,1H3/t42-,43-,44+,45-,46-/m0/s1. The highest BCUT2D eigenvalue weighted by Gasteiger charge is 2.69. The van der Waals surface area contributed by atoms with E-state index in [1.807, 2.05) is 54.6 Å². The first-order chi connectivity index (χ1) is 26.0. The molecule has 0 saturated carbocycles. The molecule has 0 radical (unpaired) electrons. The van der Waals surface area contributed by atoms with Crippen molar-refractivity contribution in [2.24, 2.45) is 0 Å². The quantitative estimate of drug-likeness (QED) is 0.0574. The summed E-state index contributed by atoms with van der Waals surface area (Å²) < 4.78 is 35.8. The minimum Gasteiger partial charge on any atom is -0.396 e. The molecule has 5 aromatic rings. The van der Waals surface area contributed by atoms with Crippen molar-refractivity contribution in [1.29, 1.82) is 0 Å². The molecule has 1 N–H and O–H groups in total. The van der Waals surface area contributed by atoms with E-state index in [0.717, 1.165) is 47.9 Å². The first kappa shape index (κ1) is 37.9. The third-order valence-corrected chi connectivity index (χ3v) is 11.8. The Balaban J connectivity index is 1.26. The Morgan fingerprint density at radius 1 is 0.660 bits per heavy atom. The Morgan fingerprint density at radius 2 is 1.23 bits per heavy atom. The second-order valence-corrected chi connectivity index (χ2v) is 15.0. The highest BCUT2D eigenvalue weighted by atomic mass is 127. The Bertz CT molecular complexity index is 1870. The van der Waals surface area contributed by atoms with Gasteiger partial charge in [0.25, 0.3) is 0 Å². The van der Waals surface area contributed by atoms with Gasteiger partial charge in [-0.1, -0.05) is 150 Å². The molecule has 0 aromatic heterocycles. The molecule has 5 aromatic carbocycles. The molecule has 2 aliphatic heterocycles. The molecule has 7 rings (SSSR count). The van der Waals surface area contributed by atoms with Crippen molar-refractivity contribution in [2.45, 2.75) is 82.1 Å². The van der Waals surface area contributed by atoms with Crippen LogP contribution in [-0.2, 0) is 62.1 Å². The minimum atomic E-state index is -1.23. The normalized spacial score (nSPS) is 23.6. The summed E-state index contributed by atoms with van der Waals surface area (Å²) in [4.78, 5) is 0. The molecule has 0 unspecified atom stereocenters. The molecule has 0 amide bonds. The van der Waals surface area contributed by atoms with Crippen LogP contribution >= 0.6 is 22.6 Å². The Hall–Kier alpha value is -3.41. The SMILES string of the molecule is Cc1ccc([C@]23OC[C@](CI)(O2)[C@@H](OCc2ccccc2)[C@H](OCc2ccccc2)[C@H]3OCc2ccccc2)cc1Cc1ccc(CCCCO)cc1. The maximum atomic E-state index is 9.19. The fourth-order valence-corrected chi connectivity index (χ4v) is 8.28. The van der Waals surface area contributed by atoms with E-state index in [0.29, 0.717) is 30.9 Å². The van der Waals surface area contributed by atoms with Crippen LogP contribution in [0, 0.1) is 6.92 Å². The van der Waals surface area contributed by atoms with Crippen LogP contribution in [0.3, 0.4) is 0 Å². The van der Waals surface area contributed by atoms with Crippen LogP contribution in [0.2, 0.25) is 0 Å². The highest BCUT2D eigenvalue weighted by molar-refractivity contribution is 14.1. The summed E-state index contributed by atoms with van der Waals surface area (Å²) in [5, 5.41) is 9.19. The lowest BCUT2D eigenvalue weighted by Crippen LogP contribution is -2.67. The maximum Gasteiger partial charge on any atom is 0.225 e. The number of aliphatic hydroxyl groups excluding tert-OH is 1. The molecule has 2 aliphatic rings. The fraction of sp³-hybridized carbons (Fsp3) is 0.348. The molecule has 2 saturated heterocycles. The van der Waals surface area contributed by atoms with Gasteiger partial charge in [0.15, 0.2) is 0 Å². The van der Waals surface area contributed by atoms with Crippen molar-refractivity contribution >= 4 is 22.6 Å². The second kappa shape index (κ2) is 17.8. The van der Waals surface area contributed by atoms with Gasteiger partial charge in [0.1, 0.15) is 23.9 Å². The van der Waals surface area contributed by atoms with E-state index in [1.165, 1.54) is 22.3 Å². The Kier molecular flexibility index (Phi) is 12.7. The number of benzene rings is 5. The van der Waals surface area contributed by atoms with Crippen molar-refractivity contribution in [3.05, 3.63) is 178 Å². The van der Waals surface area contributed by atoms with E-state index >= 15 is 0 Å². The smallest absolute Gasteiger partial charge is 0.225 e. The summed E-state index contributed by atoms with van der Waals surface area (Å²) >= 11 is 2.42. The lowest BCUT2D eigenvalue weighted by Gasteiger charge is -2.50. The van der Waals surface area contributed by atoms with Crippen LogP contribution in [0.25, 0.3) is 0 Å². The van der Waals surface area contributed by atoms with E-state index in [1.54, 1.807) is 0 Å². The van der Waals surface area contributed by atoms with Crippen LogP contribution in [-0.4, -0.2) is 46.7 Å². The van der Waals surface area contributed by atoms with Gasteiger partial charge < -0.3 is 28.8 Å². The number of alkyl halides is 1. The third kappa shape index (κ3) is 8.78. The summed E-state index contributed by atoms with van der Waals surface area (Å²) in [6.45, 7) is 3.90. The lowest BCUT2D eigenvalue weighted by atomic mass is 9.83. The molecular formula is C46H49IO6. The third-order valence-electron chi connectivity index (χ3n) is 10.5. The molecule has 53 heavy (non-hydrogen) atoms. The zero-order valence-corrected chi connectivity index (χ0v) is 32.5. The second-order valence-electron chi connectivity index (χ2n) is 14.3. The summed E-state index contributed by atoms with van der Waals surface area (Å²) in [7, 11) is 0. The lowest BCUT2D eigenvalue weighted by molar-refractivity contribution is -0.345. The number of unbranched alkanes of at least 4 members (excludes halogenated alkanes) is 1. The Labute approximate surface area is 327 Å². The van der Waals surface area contributed by atoms with E-state index in [4.69, 9.17) is 23.7 Å². The number of hydrogen-bond donors (Lipinski definition) is 1. The van der Waals surface area contributed by atoms with Gasteiger partial charge in [0, 0.05) is 16.6 Å². The first-order valence-corrected chi connectivity index (χ1v) is 20.2. The van der Waals surface area contributed by atoms with Gasteiger partial charge in [-0.05, 0) is 77.6 Å². The van der Waals surface area contributed by atoms with Gasteiger partial charge in [-0.2, -0.15) is 0 Å². The molecule has 2 fully saturated rings. The van der Waals surface area contributed by atoms with Gasteiger partial charge >= 0.3 is 0 Å². The van der Waals surface area contributed by atoms with E-state index in [-0.39, 0.29) is 6.61 Å². The van der Waals surface area contributed by atoms with Gasteiger partial charge in [0.2, 0.25) is 5.79 Å². The first-order valence-electron chi connectivity index (χ1n) is 18.7. The van der Waals surface area contributed by atoms with Crippen LogP contribution in [0.5, 0.6) is 0 Å². The molecule has 7 heteroatoms. The van der Waals surface area contributed by atoms with Crippen LogP contribution < -0.4 is 0 Å². The number of aliphatic hydroxyl groups is 1. The van der Waals surface area contributed by atoms with Crippen molar-refractivity contribution in [3.63, 3.8) is 0 Å². The predicted molar refractivity (Wildman–Crippen MR) is 216 cm³/mol. The summed E-state index contributed by atoms with van der Waals surface area (Å²) in [5.41, 5.74) is 8.28. The van der Waals surface area contributed by atoms with E-state index in [9.17, 15) is 5.11 Å². The van der Waals surface area contributed by atoms with Gasteiger partial charge in [-0.3, -0.25) is 0 Å². The Morgan fingerprint density at radius 3 is 1.81 bits per heavy atom. The van der Waals surface area contributed by atoms with Crippen molar-refractivity contribution < 1.29 is 28.8 Å². The summed E-state index contributed by atoms with van der Waals surface area (Å²) in [5.74, 6) is -1.23. The predicted octanol–water partition coefficient (Wildman–Crippen LogP) is 9.04. The number of fused-ring (bicyclic) bond motifs is 2. The van der Waals surface area contributed by atoms with Crippen molar-refractivity contribution in [2.75, 3.05) is 17.6 Å². The largest absolute Gasteiger partial charge is 0.396 e. The van der Waals surface area contributed by atoms with Gasteiger partial charge in [-0.25, -0.2) is 0 Å². The average molecular weight is 825 g/mol. The maximum absolute atomic E-state index is 9.19. The van der Waals surface area contributed by atoms with E-state index < -0.39 is 29.7 Å². The topological polar surface area (TPSA) is 66.4 Å². The zero-order chi connectivity index (χ0) is 36.5. The fourth-order valence-electron chi connectivity index (χ4n) is 7.47. The number of aryl methyl sites for hydroxylation is 2. The van der Waals surface area contributed by atoms with Gasteiger partial charge in [0.05, 0.1) is 26.4 Å². The van der Waals surface area contributed by atoms with E-state index in [2.05, 4.69) is 108 Å². The minimum absolute atomic E-state index is 0.237. The molecule has 0 aliphatic carbocycles. The molecule has 2 bridgehead atoms. The number of halogens is 1. The number of hydrogen-bond acceptors (Lipinski definition) is 6.